The Morgan fingerprint density at radius 3 is 1.82 bits per heavy atom. The maximum absolute atomic E-state index is 10.4. The third-order valence-electron chi connectivity index (χ3n) is 1.03. The molecule has 5 heteroatoms. The summed E-state index contributed by atoms with van der Waals surface area (Å²) in [4.78, 5) is 0. The van der Waals surface area contributed by atoms with Gasteiger partial charge in [-0.25, -0.2) is 0 Å². The normalized spacial score (nSPS) is 10.3. The fourth-order valence-corrected chi connectivity index (χ4v) is 1.62. The summed E-state index contributed by atoms with van der Waals surface area (Å²) in [5.74, 6) is 0. The first-order chi connectivity index (χ1) is 4.61. The van der Waals surface area contributed by atoms with Crippen molar-refractivity contribution in [2.45, 2.75) is 0 Å². The summed E-state index contributed by atoms with van der Waals surface area (Å²) in [5, 5.41) is 0. The molecule has 0 aliphatic rings. The second kappa shape index (κ2) is 4.84. The van der Waals surface area contributed by atoms with Gasteiger partial charge in [-0.2, -0.15) is 0 Å². The molecule has 0 aliphatic heterocycles. The molecule has 1 aromatic rings. The average molecular weight is 243 g/mol. The van der Waals surface area contributed by atoms with Crippen LogP contribution < -0.4 is 60.0 Å². The first kappa shape index (κ1) is 11.9. The SMILES string of the molecule is O=[Se](=O)([O-])c1ccccc1.[K+]. The van der Waals surface area contributed by atoms with Gasteiger partial charge in [-0.15, -0.1) is 0 Å². The van der Waals surface area contributed by atoms with Gasteiger partial charge in [-0.1, -0.05) is 0 Å². The number of hydrogen-bond donors (Lipinski definition) is 0. The molecule has 0 atom stereocenters. The Balaban J connectivity index is 0.000001000. The monoisotopic (exact) mass is 244 g/mol. The number of hydrogen-bond acceptors (Lipinski definition) is 3. The summed E-state index contributed by atoms with van der Waals surface area (Å²) in [7, 11) is 0. The summed E-state index contributed by atoms with van der Waals surface area (Å²) in [6, 6.07) is 7.30. The van der Waals surface area contributed by atoms with E-state index >= 15 is 0 Å². The van der Waals surface area contributed by atoms with Crippen LogP contribution >= 0.6 is 0 Å². The summed E-state index contributed by atoms with van der Waals surface area (Å²) in [5.41, 5.74) is 0. The summed E-state index contributed by atoms with van der Waals surface area (Å²) in [6.45, 7) is 0. The first-order valence-corrected chi connectivity index (χ1v) is 5.57. The van der Waals surface area contributed by atoms with Crippen molar-refractivity contribution in [3.8, 4) is 0 Å². The molecule has 0 aliphatic carbocycles. The Morgan fingerprint density at radius 2 is 1.55 bits per heavy atom. The molecule has 0 saturated carbocycles. The van der Waals surface area contributed by atoms with Gasteiger partial charge >= 0.3 is 111 Å². The summed E-state index contributed by atoms with van der Waals surface area (Å²) < 4.78 is 30.9. The first-order valence-electron chi connectivity index (χ1n) is 2.61. The van der Waals surface area contributed by atoms with Crippen molar-refractivity contribution in [3.63, 3.8) is 0 Å². The van der Waals surface area contributed by atoms with Crippen LogP contribution in [0.25, 0.3) is 0 Å². The molecule has 0 fully saturated rings. The molecule has 0 amide bonds. The third-order valence-corrected chi connectivity index (χ3v) is 2.81. The third kappa shape index (κ3) is 3.91. The van der Waals surface area contributed by atoms with E-state index in [0.717, 1.165) is 0 Å². The molecule has 0 N–H and O–H groups in total. The van der Waals surface area contributed by atoms with E-state index < -0.39 is 13.0 Å². The van der Waals surface area contributed by atoms with Crippen LogP contribution in [0.4, 0.5) is 0 Å². The van der Waals surface area contributed by atoms with E-state index in [-0.39, 0.29) is 55.8 Å². The molecular formula is C6H5KO3Se. The fraction of sp³-hybridized carbons (Fsp3) is 0. The van der Waals surface area contributed by atoms with Gasteiger partial charge < -0.3 is 0 Å². The Labute approximate surface area is 109 Å². The van der Waals surface area contributed by atoms with Crippen molar-refractivity contribution in [1.82, 2.24) is 0 Å². The predicted octanol–water partition coefficient (Wildman–Crippen LogP) is -3.94. The van der Waals surface area contributed by atoms with Crippen LogP contribution in [0.3, 0.4) is 0 Å². The minimum absolute atomic E-state index is 0. The van der Waals surface area contributed by atoms with Crippen LogP contribution in [0.1, 0.15) is 0 Å². The minimum atomic E-state index is -4.95. The molecule has 11 heavy (non-hydrogen) atoms. The standard InChI is InChI=1S/C6H6O3Se.K/c7-10(8,9)6-4-2-1-3-5-6;/h1-5H,(H,7,8,9);/q;+1/p-1. The molecule has 1 rings (SSSR count). The van der Waals surface area contributed by atoms with Crippen molar-refractivity contribution in [2.75, 3.05) is 0 Å². The molecule has 0 saturated heterocycles. The van der Waals surface area contributed by atoms with Gasteiger partial charge in [-0.05, 0) is 0 Å². The van der Waals surface area contributed by atoms with Crippen molar-refractivity contribution in [3.05, 3.63) is 30.3 Å². The smallest absolute Gasteiger partial charge is 1.00 e. The van der Waals surface area contributed by atoms with Crippen molar-refractivity contribution < 1.29 is 63.2 Å². The maximum Gasteiger partial charge on any atom is 1.00 e. The largest absolute Gasteiger partial charge is 1.00 e. The molecule has 0 unspecified atom stereocenters. The Morgan fingerprint density at radius 1 is 1.09 bits per heavy atom. The fourth-order valence-electron chi connectivity index (χ4n) is 0.587. The van der Waals surface area contributed by atoms with Crippen molar-refractivity contribution in [2.24, 2.45) is 0 Å². The molecule has 0 spiro atoms. The summed E-state index contributed by atoms with van der Waals surface area (Å²) >= 11 is -4.95. The van der Waals surface area contributed by atoms with Crippen LogP contribution in [0.5, 0.6) is 0 Å². The van der Waals surface area contributed by atoms with Gasteiger partial charge in [0.05, 0.1) is 0 Å². The van der Waals surface area contributed by atoms with Crippen molar-refractivity contribution >= 4 is 17.5 Å². The van der Waals surface area contributed by atoms with Gasteiger partial charge in [0.2, 0.25) is 0 Å². The van der Waals surface area contributed by atoms with Crippen LogP contribution in [-0.4, -0.2) is 13.0 Å². The topological polar surface area (TPSA) is 57.2 Å². The van der Waals surface area contributed by atoms with Crippen LogP contribution in [0.15, 0.2) is 30.3 Å². The van der Waals surface area contributed by atoms with Gasteiger partial charge in [0.1, 0.15) is 0 Å². The van der Waals surface area contributed by atoms with Gasteiger partial charge in [-0.3, -0.25) is 0 Å². The van der Waals surface area contributed by atoms with Crippen LogP contribution in [-0.2, 0) is 7.67 Å². The molecule has 1 aromatic carbocycles. The van der Waals surface area contributed by atoms with E-state index in [1.807, 2.05) is 0 Å². The van der Waals surface area contributed by atoms with E-state index in [2.05, 4.69) is 0 Å². The molecule has 0 heterocycles. The zero-order valence-corrected chi connectivity index (χ0v) is 10.9. The van der Waals surface area contributed by atoms with E-state index in [0.29, 0.717) is 0 Å². The molecule has 0 bridgehead atoms. The van der Waals surface area contributed by atoms with Gasteiger partial charge in [0.15, 0.2) is 0 Å². The van der Waals surface area contributed by atoms with E-state index in [4.69, 9.17) is 0 Å². The summed E-state index contributed by atoms with van der Waals surface area (Å²) in [6.07, 6.45) is 0. The van der Waals surface area contributed by atoms with E-state index in [1.165, 1.54) is 24.3 Å². The number of rotatable bonds is 1. The molecule has 54 valence electrons. The second-order valence-electron chi connectivity index (χ2n) is 1.77. The molecule has 0 radical (unpaired) electrons. The molecule has 3 nitrogen and oxygen atoms in total. The predicted molar refractivity (Wildman–Crippen MR) is 33.2 cm³/mol. The Kier molecular flexibility index (Phi) is 5.25. The molecular weight excluding hydrogens is 238 g/mol. The van der Waals surface area contributed by atoms with Gasteiger partial charge in [0, 0.05) is 0 Å². The van der Waals surface area contributed by atoms with Crippen molar-refractivity contribution in [1.29, 1.82) is 0 Å². The Hall–Kier alpha value is 0.936. The maximum atomic E-state index is 10.4. The molecule has 0 aromatic heterocycles. The number of benzene rings is 1. The minimum Gasteiger partial charge on any atom is 1.00 e. The Bertz CT molecular complexity index is 306. The van der Waals surface area contributed by atoms with E-state index in [9.17, 15) is 11.9 Å². The van der Waals surface area contributed by atoms with E-state index in [1.54, 1.807) is 6.07 Å². The zero-order valence-electron chi connectivity index (χ0n) is 6.02. The van der Waals surface area contributed by atoms with Crippen LogP contribution in [0.2, 0.25) is 0 Å². The second-order valence-corrected chi connectivity index (χ2v) is 4.66. The average Bonchev–Trinajstić information content (AvgIpc) is 1.88. The zero-order chi connectivity index (χ0) is 7.61. The van der Waals surface area contributed by atoms with Gasteiger partial charge in [0.25, 0.3) is 0 Å². The van der Waals surface area contributed by atoms with Crippen LogP contribution in [0, 0.1) is 0 Å². The quantitative estimate of drug-likeness (QED) is 0.473.